The molecule has 2 amide bonds. The molecule has 1 aliphatic carbocycles. The van der Waals surface area contributed by atoms with Gasteiger partial charge in [0.25, 0.3) is 10.1 Å². The molecule has 3 aromatic rings. The van der Waals surface area contributed by atoms with Crippen LogP contribution in [-0.2, 0) is 19.7 Å². The average molecular weight is 509 g/mol. The van der Waals surface area contributed by atoms with Gasteiger partial charge in [-0.3, -0.25) is 23.7 Å². The Kier molecular flexibility index (Phi) is 6.08. The fraction of sp³-hybridized carbons (Fsp3) is 0.0833. The van der Waals surface area contributed by atoms with Gasteiger partial charge in [0.05, 0.1) is 33.8 Å². The normalized spacial score (nSPS) is 12.4. The second-order valence-electron chi connectivity index (χ2n) is 8.01. The number of nitrogen functional groups attached to an aromatic ring is 1. The van der Waals surface area contributed by atoms with Gasteiger partial charge in [-0.15, -0.1) is 0 Å². The van der Waals surface area contributed by atoms with Crippen molar-refractivity contribution in [2.45, 2.75) is 18.7 Å². The summed E-state index contributed by atoms with van der Waals surface area (Å²) in [6, 6.07) is 11.5. The van der Waals surface area contributed by atoms with E-state index in [9.17, 15) is 32.1 Å². The van der Waals surface area contributed by atoms with E-state index >= 15 is 0 Å². The summed E-state index contributed by atoms with van der Waals surface area (Å²) in [7, 11) is -4.88. The summed E-state index contributed by atoms with van der Waals surface area (Å²) in [5.74, 6) is -2.18. The van der Waals surface area contributed by atoms with E-state index in [-0.39, 0.29) is 39.5 Å². The van der Waals surface area contributed by atoms with E-state index in [4.69, 9.17) is 5.73 Å². The molecule has 0 aromatic heterocycles. The minimum atomic E-state index is -4.88. The molecule has 11 nitrogen and oxygen atoms in total. The van der Waals surface area contributed by atoms with Gasteiger partial charge in [0, 0.05) is 30.8 Å². The van der Waals surface area contributed by atoms with E-state index in [1.54, 1.807) is 24.3 Å². The van der Waals surface area contributed by atoms with Gasteiger partial charge in [-0.1, -0.05) is 12.1 Å². The van der Waals surface area contributed by atoms with Gasteiger partial charge in [0.1, 0.15) is 4.90 Å². The minimum absolute atomic E-state index is 0.0757. The SMILES string of the molecule is CC(=O)Nc1ccc(Nc2cc(S(=O)(=O)O)c(N)c3c2C(=O)c2c(NC(C)=O)cccc2C3=O)cc1. The summed E-state index contributed by atoms with van der Waals surface area (Å²) < 4.78 is 33.9. The van der Waals surface area contributed by atoms with Gasteiger partial charge < -0.3 is 21.7 Å². The number of carbonyl (C=O) groups excluding carboxylic acids is 4. The second-order valence-corrected chi connectivity index (χ2v) is 9.40. The first-order chi connectivity index (χ1) is 16.9. The Hall–Kier alpha value is -4.55. The van der Waals surface area contributed by atoms with Gasteiger partial charge in [-0.05, 0) is 36.4 Å². The zero-order valence-electron chi connectivity index (χ0n) is 19.0. The number of ketones is 2. The monoisotopic (exact) mass is 508 g/mol. The van der Waals surface area contributed by atoms with Crippen LogP contribution in [0.3, 0.4) is 0 Å². The van der Waals surface area contributed by atoms with E-state index in [1.807, 2.05) is 0 Å². The molecule has 0 aliphatic heterocycles. The van der Waals surface area contributed by atoms with Crippen molar-refractivity contribution in [1.82, 2.24) is 0 Å². The van der Waals surface area contributed by atoms with Crippen LogP contribution in [0.25, 0.3) is 0 Å². The molecule has 0 spiro atoms. The molecular weight excluding hydrogens is 488 g/mol. The van der Waals surface area contributed by atoms with E-state index < -0.39 is 38.2 Å². The lowest BCUT2D eigenvalue weighted by Crippen LogP contribution is -2.26. The van der Waals surface area contributed by atoms with Crippen molar-refractivity contribution in [3.8, 4) is 0 Å². The van der Waals surface area contributed by atoms with Crippen molar-refractivity contribution in [3.05, 3.63) is 70.8 Å². The smallest absolute Gasteiger partial charge is 0.296 e. The zero-order chi connectivity index (χ0) is 26.4. The maximum absolute atomic E-state index is 13.7. The van der Waals surface area contributed by atoms with Crippen LogP contribution in [0, 0.1) is 0 Å². The Balaban J connectivity index is 1.93. The first-order valence-corrected chi connectivity index (χ1v) is 11.9. The van der Waals surface area contributed by atoms with Crippen molar-refractivity contribution in [2.24, 2.45) is 0 Å². The number of anilines is 5. The van der Waals surface area contributed by atoms with E-state index in [1.165, 1.54) is 32.0 Å². The number of fused-ring (bicyclic) bond motifs is 2. The Morgan fingerprint density at radius 2 is 1.42 bits per heavy atom. The molecule has 36 heavy (non-hydrogen) atoms. The molecule has 0 saturated carbocycles. The summed E-state index contributed by atoms with van der Waals surface area (Å²) in [4.78, 5) is 49.3. The Morgan fingerprint density at radius 3 is 2.00 bits per heavy atom. The molecule has 1 aliphatic rings. The third kappa shape index (κ3) is 4.42. The van der Waals surface area contributed by atoms with Crippen molar-refractivity contribution < 1.29 is 32.1 Å². The summed E-state index contributed by atoms with van der Waals surface area (Å²) in [5.41, 5.74) is 5.51. The van der Waals surface area contributed by atoms with Crippen LogP contribution < -0.4 is 21.7 Å². The van der Waals surface area contributed by atoms with Crippen molar-refractivity contribution >= 4 is 61.9 Å². The first kappa shape index (κ1) is 24.6. The van der Waals surface area contributed by atoms with Gasteiger partial charge >= 0.3 is 0 Å². The quantitative estimate of drug-likeness (QED) is 0.200. The predicted molar refractivity (Wildman–Crippen MR) is 132 cm³/mol. The molecule has 0 unspecified atom stereocenters. The maximum atomic E-state index is 13.7. The predicted octanol–water partition coefficient (Wildman–Crippen LogP) is 2.95. The van der Waals surface area contributed by atoms with Crippen LogP contribution >= 0.6 is 0 Å². The number of rotatable bonds is 5. The van der Waals surface area contributed by atoms with Gasteiger partial charge in [0.2, 0.25) is 11.8 Å². The maximum Gasteiger partial charge on any atom is 0.296 e. The summed E-state index contributed by atoms with van der Waals surface area (Å²) in [6.07, 6.45) is 0. The average Bonchev–Trinajstić information content (AvgIpc) is 2.78. The Bertz CT molecular complexity index is 1580. The number of amides is 2. The minimum Gasteiger partial charge on any atom is -0.397 e. The van der Waals surface area contributed by atoms with Gasteiger partial charge in [-0.2, -0.15) is 8.42 Å². The highest BCUT2D eigenvalue weighted by atomic mass is 32.2. The molecule has 0 fully saturated rings. The number of hydrogen-bond donors (Lipinski definition) is 5. The topological polar surface area (TPSA) is 185 Å². The number of benzene rings is 3. The standard InChI is InChI=1S/C24H20N4O7S/c1-11(29)26-13-6-8-14(9-7-13)28-17-10-18(36(33,34)35)22(25)21-20(17)24(32)19-15(23(21)31)4-3-5-16(19)27-12(2)30/h3-10,28H,25H2,1-2H3,(H,26,29)(H,27,30)(H,33,34,35). The fourth-order valence-electron chi connectivity index (χ4n) is 3.99. The van der Waals surface area contributed by atoms with Crippen LogP contribution in [0.1, 0.15) is 45.7 Å². The van der Waals surface area contributed by atoms with E-state index in [0.717, 1.165) is 6.07 Å². The van der Waals surface area contributed by atoms with Gasteiger partial charge in [0.15, 0.2) is 11.6 Å². The molecule has 6 N–H and O–H groups in total. The zero-order valence-corrected chi connectivity index (χ0v) is 19.8. The largest absolute Gasteiger partial charge is 0.397 e. The van der Waals surface area contributed by atoms with Crippen LogP contribution in [0.2, 0.25) is 0 Å². The van der Waals surface area contributed by atoms with Crippen LogP contribution in [-0.4, -0.2) is 36.4 Å². The Morgan fingerprint density at radius 1 is 0.806 bits per heavy atom. The molecular formula is C24H20N4O7S. The molecule has 0 bridgehead atoms. The van der Waals surface area contributed by atoms with Crippen LogP contribution in [0.5, 0.6) is 0 Å². The van der Waals surface area contributed by atoms with Crippen molar-refractivity contribution in [2.75, 3.05) is 21.7 Å². The molecule has 4 rings (SSSR count). The highest BCUT2D eigenvalue weighted by molar-refractivity contribution is 7.86. The van der Waals surface area contributed by atoms with E-state index in [2.05, 4.69) is 16.0 Å². The van der Waals surface area contributed by atoms with Crippen molar-refractivity contribution in [3.63, 3.8) is 0 Å². The van der Waals surface area contributed by atoms with Crippen LogP contribution in [0.15, 0.2) is 53.4 Å². The lowest BCUT2D eigenvalue weighted by atomic mass is 9.81. The lowest BCUT2D eigenvalue weighted by Gasteiger charge is -2.25. The molecule has 0 radical (unpaired) electrons. The third-order valence-corrected chi connectivity index (χ3v) is 6.29. The highest BCUT2D eigenvalue weighted by Gasteiger charge is 2.38. The second kappa shape index (κ2) is 8.91. The molecule has 0 atom stereocenters. The number of nitrogens with two attached hydrogens (primary N) is 1. The van der Waals surface area contributed by atoms with E-state index in [0.29, 0.717) is 11.4 Å². The summed E-state index contributed by atoms with van der Waals surface area (Å²) in [6.45, 7) is 2.59. The fourth-order valence-corrected chi connectivity index (χ4v) is 4.64. The lowest BCUT2D eigenvalue weighted by molar-refractivity contribution is -0.115. The summed E-state index contributed by atoms with van der Waals surface area (Å²) in [5, 5.41) is 8.01. The third-order valence-electron chi connectivity index (χ3n) is 5.39. The Labute approximate surface area is 205 Å². The van der Waals surface area contributed by atoms with Crippen molar-refractivity contribution in [1.29, 1.82) is 0 Å². The molecule has 12 heteroatoms. The molecule has 0 saturated heterocycles. The molecule has 184 valence electrons. The first-order valence-electron chi connectivity index (χ1n) is 10.5. The number of hydrogen-bond acceptors (Lipinski definition) is 8. The molecule has 3 aromatic carbocycles. The number of nitrogens with one attached hydrogen (secondary N) is 3. The van der Waals surface area contributed by atoms with Crippen LogP contribution in [0.4, 0.5) is 28.4 Å². The summed E-state index contributed by atoms with van der Waals surface area (Å²) >= 11 is 0. The number of carbonyl (C=O) groups is 4. The highest BCUT2D eigenvalue weighted by Crippen LogP contribution is 2.41. The molecule has 0 heterocycles. The van der Waals surface area contributed by atoms with Gasteiger partial charge in [-0.25, -0.2) is 0 Å².